The second-order valence-corrected chi connectivity index (χ2v) is 7.20. The number of aliphatic carboxylic acids is 1. The van der Waals surface area contributed by atoms with E-state index in [0.29, 0.717) is 24.9 Å². The van der Waals surface area contributed by atoms with Gasteiger partial charge < -0.3 is 9.84 Å². The number of esters is 1. The number of para-hydroxylation sites is 1. The van der Waals surface area contributed by atoms with Crippen molar-refractivity contribution >= 4 is 23.5 Å². The number of carboxylic acids is 1. The predicted octanol–water partition coefficient (Wildman–Crippen LogP) is 2.18. The van der Waals surface area contributed by atoms with Crippen LogP contribution in [0.4, 0.5) is 5.69 Å². The van der Waals surface area contributed by atoms with Crippen molar-refractivity contribution in [3.05, 3.63) is 65.7 Å². The fourth-order valence-corrected chi connectivity index (χ4v) is 3.71. The van der Waals surface area contributed by atoms with Crippen molar-refractivity contribution in [3.63, 3.8) is 0 Å². The SMILES string of the molecule is CCOC(=O)[C@H](Cc1ccccc1)N[C@H]1CCc2ccccc2N(CC(=O)O)C1=O. The third-order valence-corrected chi connectivity index (χ3v) is 5.10. The molecule has 0 fully saturated rings. The van der Waals surface area contributed by atoms with Crippen molar-refractivity contribution in [3.8, 4) is 0 Å². The van der Waals surface area contributed by atoms with E-state index in [9.17, 15) is 19.5 Å². The van der Waals surface area contributed by atoms with Crippen molar-refractivity contribution in [1.29, 1.82) is 0 Å². The van der Waals surface area contributed by atoms with Crippen LogP contribution in [0.1, 0.15) is 24.5 Å². The monoisotopic (exact) mass is 410 g/mol. The second-order valence-electron chi connectivity index (χ2n) is 7.20. The molecule has 1 heterocycles. The highest BCUT2D eigenvalue weighted by molar-refractivity contribution is 6.02. The van der Waals surface area contributed by atoms with Crippen LogP contribution in [0.15, 0.2) is 54.6 Å². The highest BCUT2D eigenvalue weighted by Crippen LogP contribution is 2.27. The first-order valence-corrected chi connectivity index (χ1v) is 10.1. The zero-order valence-electron chi connectivity index (χ0n) is 16.9. The molecule has 2 atom stereocenters. The summed E-state index contributed by atoms with van der Waals surface area (Å²) in [5, 5.41) is 12.5. The maximum absolute atomic E-state index is 13.3. The number of carbonyl (C=O) groups is 3. The number of amides is 1. The summed E-state index contributed by atoms with van der Waals surface area (Å²) in [6, 6.07) is 15.4. The number of carboxylic acid groups (broad SMARTS) is 1. The van der Waals surface area contributed by atoms with E-state index in [1.165, 1.54) is 4.90 Å². The van der Waals surface area contributed by atoms with Gasteiger partial charge in [0.25, 0.3) is 0 Å². The molecule has 3 rings (SSSR count). The van der Waals surface area contributed by atoms with Crippen LogP contribution in [-0.2, 0) is 32.0 Å². The molecule has 2 aromatic carbocycles. The van der Waals surface area contributed by atoms with Gasteiger partial charge in [0, 0.05) is 5.69 Å². The molecule has 0 bridgehead atoms. The van der Waals surface area contributed by atoms with Gasteiger partial charge in [-0.3, -0.25) is 24.6 Å². The van der Waals surface area contributed by atoms with E-state index >= 15 is 0 Å². The lowest BCUT2D eigenvalue weighted by Crippen LogP contribution is -2.53. The first-order chi connectivity index (χ1) is 14.5. The Labute approximate surface area is 175 Å². The first kappa shape index (κ1) is 21.5. The Bertz CT molecular complexity index is 899. The molecule has 7 heteroatoms. The van der Waals surface area contributed by atoms with Crippen LogP contribution < -0.4 is 10.2 Å². The number of nitrogens with one attached hydrogen (secondary N) is 1. The summed E-state index contributed by atoms with van der Waals surface area (Å²) in [6.45, 7) is 1.54. The Hall–Kier alpha value is -3.19. The largest absolute Gasteiger partial charge is 0.480 e. The number of hydrogen-bond acceptors (Lipinski definition) is 5. The third-order valence-electron chi connectivity index (χ3n) is 5.10. The minimum atomic E-state index is -1.09. The predicted molar refractivity (Wildman–Crippen MR) is 112 cm³/mol. The van der Waals surface area contributed by atoms with Gasteiger partial charge in [0.15, 0.2) is 0 Å². The number of nitrogens with zero attached hydrogens (tertiary/aromatic N) is 1. The third kappa shape index (κ3) is 5.24. The minimum absolute atomic E-state index is 0.237. The summed E-state index contributed by atoms with van der Waals surface area (Å²) in [4.78, 5) is 38.5. The van der Waals surface area contributed by atoms with Crippen LogP contribution in [-0.4, -0.2) is 48.2 Å². The lowest BCUT2D eigenvalue weighted by Gasteiger charge is -2.27. The van der Waals surface area contributed by atoms with Gasteiger partial charge in [0.1, 0.15) is 12.6 Å². The van der Waals surface area contributed by atoms with E-state index < -0.39 is 30.6 Å². The molecule has 0 unspecified atom stereocenters. The summed E-state index contributed by atoms with van der Waals surface area (Å²) in [6.07, 6.45) is 1.42. The van der Waals surface area contributed by atoms with Crippen LogP contribution >= 0.6 is 0 Å². The van der Waals surface area contributed by atoms with Gasteiger partial charge in [-0.2, -0.15) is 0 Å². The van der Waals surface area contributed by atoms with Crippen LogP contribution in [0.2, 0.25) is 0 Å². The molecular formula is C23H26N2O5. The van der Waals surface area contributed by atoms with Crippen molar-refractivity contribution in [1.82, 2.24) is 5.32 Å². The average Bonchev–Trinajstić information content (AvgIpc) is 2.86. The standard InChI is InChI=1S/C23H26N2O5/c1-2-30-23(29)19(14-16-8-4-3-5-9-16)24-18-13-12-17-10-6-7-11-20(17)25(22(18)28)15-21(26)27/h3-11,18-19,24H,2,12-15H2,1H3,(H,26,27)/t18-,19-/m0/s1. The van der Waals surface area contributed by atoms with Gasteiger partial charge in [0.05, 0.1) is 12.6 Å². The smallest absolute Gasteiger partial charge is 0.323 e. The van der Waals surface area contributed by atoms with Gasteiger partial charge in [-0.05, 0) is 43.4 Å². The van der Waals surface area contributed by atoms with E-state index in [2.05, 4.69) is 5.32 Å². The second kappa shape index (κ2) is 10.0. The van der Waals surface area contributed by atoms with Gasteiger partial charge in [-0.1, -0.05) is 48.5 Å². The van der Waals surface area contributed by atoms with Gasteiger partial charge >= 0.3 is 11.9 Å². The molecule has 0 saturated heterocycles. The molecule has 0 spiro atoms. The van der Waals surface area contributed by atoms with Gasteiger partial charge in [-0.25, -0.2) is 0 Å². The van der Waals surface area contributed by atoms with Crippen LogP contribution in [0, 0.1) is 0 Å². The number of hydrogen-bond donors (Lipinski definition) is 2. The fourth-order valence-electron chi connectivity index (χ4n) is 3.71. The molecule has 1 amide bonds. The number of fused-ring (bicyclic) bond motifs is 1. The quantitative estimate of drug-likeness (QED) is 0.648. The molecule has 0 aliphatic carbocycles. The fraction of sp³-hybridized carbons (Fsp3) is 0.348. The van der Waals surface area contributed by atoms with E-state index in [1.807, 2.05) is 42.5 Å². The molecule has 2 aromatic rings. The van der Waals surface area contributed by atoms with Crippen LogP contribution in [0.5, 0.6) is 0 Å². The molecule has 0 radical (unpaired) electrons. The molecule has 0 aromatic heterocycles. The Kier molecular flexibility index (Phi) is 7.19. The summed E-state index contributed by atoms with van der Waals surface area (Å²) < 4.78 is 5.22. The van der Waals surface area contributed by atoms with Crippen molar-refractivity contribution in [2.45, 2.75) is 38.3 Å². The Balaban J connectivity index is 1.85. The molecule has 1 aliphatic heterocycles. The molecule has 1 aliphatic rings. The molecular weight excluding hydrogens is 384 g/mol. The highest BCUT2D eigenvalue weighted by Gasteiger charge is 2.34. The minimum Gasteiger partial charge on any atom is -0.480 e. The molecule has 0 saturated carbocycles. The van der Waals surface area contributed by atoms with Crippen molar-refractivity contribution < 1.29 is 24.2 Å². The maximum atomic E-state index is 13.3. The van der Waals surface area contributed by atoms with E-state index in [-0.39, 0.29) is 12.5 Å². The number of benzene rings is 2. The topological polar surface area (TPSA) is 95.9 Å². The molecule has 158 valence electrons. The number of aryl methyl sites for hydroxylation is 1. The molecule has 7 nitrogen and oxygen atoms in total. The maximum Gasteiger partial charge on any atom is 0.323 e. The molecule has 30 heavy (non-hydrogen) atoms. The molecule has 2 N–H and O–H groups in total. The van der Waals surface area contributed by atoms with E-state index in [4.69, 9.17) is 4.74 Å². The number of carbonyl (C=O) groups excluding carboxylic acids is 2. The Morgan fingerprint density at radius 2 is 1.87 bits per heavy atom. The van der Waals surface area contributed by atoms with Crippen molar-refractivity contribution in [2.24, 2.45) is 0 Å². The van der Waals surface area contributed by atoms with E-state index in [0.717, 1.165) is 11.1 Å². The summed E-state index contributed by atoms with van der Waals surface area (Å²) in [7, 11) is 0. The highest BCUT2D eigenvalue weighted by atomic mass is 16.5. The average molecular weight is 410 g/mol. The van der Waals surface area contributed by atoms with Gasteiger partial charge in [-0.15, -0.1) is 0 Å². The lowest BCUT2D eigenvalue weighted by atomic mass is 10.0. The van der Waals surface area contributed by atoms with Crippen molar-refractivity contribution in [2.75, 3.05) is 18.1 Å². The van der Waals surface area contributed by atoms with Gasteiger partial charge in [0.2, 0.25) is 5.91 Å². The van der Waals surface area contributed by atoms with E-state index in [1.54, 1.807) is 19.1 Å². The zero-order valence-corrected chi connectivity index (χ0v) is 16.9. The number of ether oxygens (including phenoxy) is 1. The number of anilines is 1. The lowest BCUT2D eigenvalue weighted by molar-refractivity contribution is -0.146. The first-order valence-electron chi connectivity index (χ1n) is 10.1. The Morgan fingerprint density at radius 3 is 2.57 bits per heavy atom. The Morgan fingerprint density at radius 1 is 1.17 bits per heavy atom. The van der Waals surface area contributed by atoms with Crippen LogP contribution in [0.3, 0.4) is 0 Å². The normalized spacial score (nSPS) is 17.0. The number of rotatable bonds is 8. The summed E-state index contributed by atoms with van der Waals surface area (Å²) in [5.41, 5.74) is 2.45. The summed E-state index contributed by atoms with van der Waals surface area (Å²) >= 11 is 0. The van der Waals surface area contributed by atoms with Crippen LogP contribution in [0.25, 0.3) is 0 Å². The zero-order chi connectivity index (χ0) is 21.5. The summed E-state index contributed by atoms with van der Waals surface area (Å²) in [5.74, 6) is -1.88.